The van der Waals surface area contributed by atoms with Gasteiger partial charge in [-0.25, -0.2) is 4.98 Å². The smallest absolute Gasteiger partial charge is 0.261 e. The Morgan fingerprint density at radius 1 is 1.04 bits per heavy atom. The number of H-pyrrole nitrogens is 1. The Morgan fingerprint density at radius 3 is 2.85 bits per heavy atom. The van der Waals surface area contributed by atoms with Crippen molar-refractivity contribution in [2.45, 2.75) is 13.0 Å². The van der Waals surface area contributed by atoms with E-state index in [4.69, 9.17) is 4.42 Å². The number of para-hydroxylation sites is 1. The van der Waals surface area contributed by atoms with Crippen molar-refractivity contribution in [2.24, 2.45) is 0 Å². The van der Waals surface area contributed by atoms with Crippen LogP contribution in [0.3, 0.4) is 0 Å². The summed E-state index contributed by atoms with van der Waals surface area (Å²) in [6.07, 6.45) is 7.71. The zero-order chi connectivity index (χ0) is 18.2. The van der Waals surface area contributed by atoms with Gasteiger partial charge in [-0.2, -0.15) is 0 Å². The number of fused-ring (bicyclic) bond motifs is 2. The molecule has 1 N–H and O–H groups in total. The van der Waals surface area contributed by atoms with E-state index in [1.54, 1.807) is 23.4 Å². The predicted octanol–water partition coefficient (Wildman–Crippen LogP) is 4.38. The minimum Gasteiger partial charge on any atom is -0.472 e. The van der Waals surface area contributed by atoms with Crippen LogP contribution in [0.2, 0.25) is 0 Å². The van der Waals surface area contributed by atoms with E-state index >= 15 is 0 Å². The van der Waals surface area contributed by atoms with Crippen molar-refractivity contribution in [3.05, 3.63) is 89.5 Å². The van der Waals surface area contributed by atoms with Crippen LogP contribution in [0, 0.1) is 0 Å². The molecule has 0 radical (unpaired) electrons. The zero-order valence-corrected chi connectivity index (χ0v) is 14.6. The van der Waals surface area contributed by atoms with Crippen molar-refractivity contribution in [1.82, 2.24) is 14.5 Å². The van der Waals surface area contributed by atoms with Crippen LogP contribution in [0.4, 0.5) is 0 Å². The molecule has 0 aliphatic carbocycles. The lowest BCUT2D eigenvalue weighted by Gasteiger charge is -2.07. The summed E-state index contributed by atoms with van der Waals surface area (Å²) in [5.41, 5.74) is 4.89. The lowest BCUT2D eigenvalue weighted by molar-refractivity contribution is 0.568. The van der Waals surface area contributed by atoms with Gasteiger partial charge in [-0.15, -0.1) is 0 Å². The Bertz CT molecular complexity index is 1300. The molecule has 0 atom stereocenters. The minimum absolute atomic E-state index is 0.0230. The Balaban J connectivity index is 1.50. The van der Waals surface area contributed by atoms with Gasteiger partial charge < -0.3 is 9.40 Å². The molecule has 5 heteroatoms. The van der Waals surface area contributed by atoms with Gasteiger partial charge in [0.15, 0.2) is 0 Å². The van der Waals surface area contributed by atoms with E-state index in [-0.39, 0.29) is 5.56 Å². The number of aromatic nitrogens is 3. The van der Waals surface area contributed by atoms with Crippen molar-refractivity contribution in [2.75, 3.05) is 0 Å². The number of aromatic amines is 1. The number of nitrogens with zero attached hydrogens (tertiary/aromatic N) is 2. The summed E-state index contributed by atoms with van der Waals surface area (Å²) in [6, 6.07) is 15.8. The summed E-state index contributed by atoms with van der Waals surface area (Å²) in [6.45, 7) is 0.583. The molecule has 27 heavy (non-hydrogen) atoms. The van der Waals surface area contributed by atoms with Gasteiger partial charge in [0.05, 0.1) is 29.8 Å². The second-order valence-corrected chi connectivity index (χ2v) is 6.60. The maximum Gasteiger partial charge on any atom is 0.261 e. The van der Waals surface area contributed by atoms with Crippen molar-refractivity contribution in [1.29, 1.82) is 0 Å². The molecule has 0 saturated heterocycles. The Labute approximate surface area is 154 Å². The van der Waals surface area contributed by atoms with E-state index in [1.807, 2.05) is 42.6 Å². The van der Waals surface area contributed by atoms with Crippen LogP contribution in [-0.4, -0.2) is 14.5 Å². The molecule has 2 aromatic carbocycles. The minimum atomic E-state index is -0.0230. The fourth-order valence-electron chi connectivity index (χ4n) is 3.51. The number of furan rings is 1. The largest absolute Gasteiger partial charge is 0.472 e. The second-order valence-electron chi connectivity index (χ2n) is 6.60. The second kappa shape index (κ2) is 6.29. The van der Waals surface area contributed by atoms with Crippen molar-refractivity contribution in [3.8, 4) is 11.1 Å². The van der Waals surface area contributed by atoms with Gasteiger partial charge in [0.2, 0.25) is 0 Å². The molecule has 3 aromatic heterocycles. The van der Waals surface area contributed by atoms with Crippen LogP contribution in [0.5, 0.6) is 0 Å². The first-order valence-electron chi connectivity index (χ1n) is 8.86. The normalized spacial score (nSPS) is 11.4. The summed E-state index contributed by atoms with van der Waals surface area (Å²) in [4.78, 5) is 20.7. The number of hydrogen-bond donors (Lipinski definition) is 1. The molecule has 0 amide bonds. The fourth-order valence-corrected chi connectivity index (χ4v) is 3.51. The van der Waals surface area contributed by atoms with Gasteiger partial charge in [-0.3, -0.25) is 9.36 Å². The maximum absolute atomic E-state index is 13.0. The molecule has 0 unspecified atom stereocenters. The topological polar surface area (TPSA) is 63.8 Å². The number of aryl methyl sites for hydroxylation is 2. The molecule has 0 fully saturated rings. The molecule has 0 bridgehead atoms. The summed E-state index contributed by atoms with van der Waals surface area (Å²) in [7, 11) is 0. The third kappa shape index (κ3) is 2.73. The van der Waals surface area contributed by atoms with E-state index in [0.29, 0.717) is 17.4 Å². The van der Waals surface area contributed by atoms with Crippen molar-refractivity contribution in [3.63, 3.8) is 0 Å². The summed E-state index contributed by atoms with van der Waals surface area (Å²) in [5, 5.41) is 1.82. The van der Waals surface area contributed by atoms with Crippen LogP contribution in [0.25, 0.3) is 32.9 Å². The van der Waals surface area contributed by atoms with Crippen LogP contribution in [0.1, 0.15) is 5.56 Å². The lowest BCUT2D eigenvalue weighted by Crippen LogP contribution is -2.21. The monoisotopic (exact) mass is 355 g/mol. The molecule has 3 heterocycles. The average Bonchev–Trinajstić information content (AvgIpc) is 3.38. The van der Waals surface area contributed by atoms with Gasteiger partial charge in [-0.05, 0) is 41.8 Å². The number of nitrogens with one attached hydrogen (secondary N) is 1. The van der Waals surface area contributed by atoms with E-state index < -0.39 is 0 Å². The van der Waals surface area contributed by atoms with Gasteiger partial charge in [0.1, 0.15) is 0 Å². The van der Waals surface area contributed by atoms with Crippen LogP contribution >= 0.6 is 0 Å². The first-order chi connectivity index (χ1) is 13.3. The van der Waals surface area contributed by atoms with Gasteiger partial charge in [0, 0.05) is 29.2 Å². The van der Waals surface area contributed by atoms with Crippen LogP contribution < -0.4 is 5.56 Å². The van der Waals surface area contributed by atoms with Crippen LogP contribution in [-0.2, 0) is 13.0 Å². The standard InChI is InChI=1S/C22H17N3O2/c26-22-19-11-15(17-8-10-27-13-17)5-6-21(19)24-14-25(22)9-7-16-12-23-20-4-2-1-3-18(16)20/h1-6,8,10-14,23H,7,9H2. The number of rotatable bonds is 4. The van der Waals surface area contributed by atoms with Gasteiger partial charge in [-0.1, -0.05) is 24.3 Å². The highest BCUT2D eigenvalue weighted by Crippen LogP contribution is 2.22. The molecule has 0 spiro atoms. The molecule has 132 valence electrons. The summed E-state index contributed by atoms with van der Waals surface area (Å²) in [5.74, 6) is 0. The SMILES string of the molecule is O=c1c2cc(-c3ccoc3)ccc2ncn1CCc1c[nH]c2ccccc12. The van der Waals surface area contributed by atoms with Crippen molar-refractivity contribution >= 4 is 21.8 Å². The molecule has 5 nitrogen and oxygen atoms in total. The summed E-state index contributed by atoms with van der Waals surface area (Å²) < 4.78 is 6.83. The quantitative estimate of drug-likeness (QED) is 0.520. The molecular formula is C22H17N3O2. The molecular weight excluding hydrogens is 338 g/mol. The Kier molecular flexibility index (Phi) is 3.64. The first kappa shape index (κ1) is 15.6. The fraction of sp³-hybridized carbons (Fsp3) is 0.0909. The lowest BCUT2D eigenvalue weighted by atomic mass is 10.1. The highest BCUT2D eigenvalue weighted by atomic mass is 16.3. The third-order valence-corrected chi connectivity index (χ3v) is 4.98. The average molecular weight is 355 g/mol. The summed E-state index contributed by atoms with van der Waals surface area (Å²) >= 11 is 0. The van der Waals surface area contributed by atoms with Crippen molar-refractivity contribution < 1.29 is 4.42 Å². The van der Waals surface area contributed by atoms with E-state index in [1.165, 1.54) is 10.9 Å². The highest BCUT2D eigenvalue weighted by Gasteiger charge is 2.09. The molecule has 0 saturated carbocycles. The third-order valence-electron chi connectivity index (χ3n) is 4.98. The van der Waals surface area contributed by atoms with Crippen LogP contribution in [0.15, 0.2) is 82.8 Å². The Morgan fingerprint density at radius 2 is 1.96 bits per heavy atom. The van der Waals surface area contributed by atoms with E-state index in [0.717, 1.165) is 23.1 Å². The first-order valence-corrected chi connectivity index (χ1v) is 8.86. The highest BCUT2D eigenvalue weighted by molar-refractivity contribution is 5.84. The maximum atomic E-state index is 13.0. The molecule has 5 rings (SSSR count). The van der Waals surface area contributed by atoms with Gasteiger partial charge >= 0.3 is 0 Å². The number of benzene rings is 2. The molecule has 5 aromatic rings. The number of hydrogen-bond acceptors (Lipinski definition) is 3. The predicted molar refractivity (Wildman–Crippen MR) is 106 cm³/mol. The zero-order valence-electron chi connectivity index (χ0n) is 14.6. The van der Waals surface area contributed by atoms with E-state index in [2.05, 4.69) is 22.1 Å². The van der Waals surface area contributed by atoms with E-state index in [9.17, 15) is 4.79 Å². The Hall–Kier alpha value is -3.60. The van der Waals surface area contributed by atoms with Gasteiger partial charge in [0.25, 0.3) is 5.56 Å². The molecule has 0 aliphatic heterocycles. The molecule has 0 aliphatic rings.